The first kappa shape index (κ1) is 18.2. The van der Waals surface area contributed by atoms with Crippen LogP contribution in [0.1, 0.15) is 46.5 Å². The number of aldehydes is 1. The molecular weight excluding hydrogens is 320 g/mol. The Bertz CT molecular complexity index is 597. The van der Waals surface area contributed by atoms with Crippen molar-refractivity contribution in [2.45, 2.75) is 52.6 Å². The first-order valence-corrected chi connectivity index (χ1v) is 9.24. The van der Waals surface area contributed by atoms with Crippen LogP contribution in [0.3, 0.4) is 0 Å². The van der Waals surface area contributed by atoms with E-state index >= 15 is 0 Å². The highest BCUT2D eigenvalue weighted by atomic mass is 16.5. The third-order valence-electron chi connectivity index (χ3n) is 6.76. The topological polar surface area (TPSA) is 69.7 Å². The van der Waals surface area contributed by atoms with E-state index in [1.54, 1.807) is 0 Å². The van der Waals surface area contributed by atoms with Gasteiger partial charge in [-0.1, -0.05) is 19.1 Å². The Morgan fingerprint density at radius 1 is 1.24 bits per heavy atom. The van der Waals surface area contributed by atoms with Gasteiger partial charge in [0.15, 0.2) is 0 Å². The average Bonchev–Trinajstić information content (AvgIpc) is 3.18. The van der Waals surface area contributed by atoms with Crippen LogP contribution in [0, 0.1) is 35.0 Å². The molecule has 0 spiro atoms. The Hall–Kier alpha value is -1.65. The number of esters is 2. The molecule has 7 unspecified atom stereocenters. The van der Waals surface area contributed by atoms with Crippen molar-refractivity contribution >= 4 is 18.2 Å². The second kappa shape index (κ2) is 6.58. The monoisotopic (exact) mass is 348 g/mol. The van der Waals surface area contributed by atoms with Gasteiger partial charge in [0.25, 0.3) is 0 Å². The van der Waals surface area contributed by atoms with Crippen molar-refractivity contribution in [3.8, 4) is 0 Å². The quantitative estimate of drug-likeness (QED) is 0.444. The van der Waals surface area contributed by atoms with Gasteiger partial charge in [-0.15, -0.1) is 0 Å². The molecule has 0 N–H and O–H groups in total. The number of carbonyl (C=O) groups is 3. The molecule has 0 amide bonds. The minimum Gasteiger partial charge on any atom is -0.466 e. The number of ether oxygens (including phenoxy) is 2. The standard InChI is InChI=1S/C20H28O5/c1-11-5-7-15-19(20(15,4)10-21)18-14(9-24-12(2)22)6-8-16(17(11)18)25-13(3)23/h10,14-19H,1,5-9H2,2-4H3. The SMILES string of the molecule is C=C1CCC2C(C3C(COC(C)=O)CCC(OC(C)=O)C13)C2(C)C=O. The molecule has 3 saturated carbocycles. The fourth-order valence-corrected chi connectivity index (χ4v) is 5.62. The Labute approximate surface area is 149 Å². The third kappa shape index (κ3) is 3.13. The zero-order valence-electron chi connectivity index (χ0n) is 15.3. The summed E-state index contributed by atoms with van der Waals surface area (Å²) < 4.78 is 11.0. The summed E-state index contributed by atoms with van der Waals surface area (Å²) in [4.78, 5) is 34.6. The van der Waals surface area contributed by atoms with Crippen LogP contribution in [0.5, 0.6) is 0 Å². The van der Waals surface area contributed by atoms with Crippen LogP contribution in [0.2, 0.25) is 0 Å². The Morgan fingerprint density at radius 2 is 1.96 bits per heavy atom. The molecule has 0 heterocycles. The minimum absolute atomic E-state index is 0.0509. The molecule has 0 saturated heterocycles. The number of rotatable bonds is 4. The molecule has 7 atom stereocenters. The van der Waals surface area contributed by atoms with Gasteiger partial charge in [0, 0.05) is 25.2 Å². The molecule has 0 aromatic rings. The summed E-state index contributed by atoms with van der Waals surface area (Å²) in [5.41, 5.74) is 0.806. The Kier molecular flexibility index (Phi) is 4.78. The lowest BCUT2D eigenvalue weighted by molar-refractivity contribution is -0.155. The summed E-state index contributed by atoms with van der Waals surface area (Å²) in [6.45, 7) is 9.56. The summed E-state index contributed by atoms with van der Waals surface area (Å²) in [6.07, 6.45) is 4.33. The van der Waals surface area contributed by atoms with Gasteiger partial charge in [0.1, 0.15) is 12.4 Å². The van der Waals surface area contributed by atoms with E-state index in [-0.39, 0.29) is 47.1 Å². The molecule has 5 nitrogen and oxygen atoms in total. The highest BCUT2D eigenvalue weighted by Gasteiger charge is 2.68. The highest BCUT2D eigenvalue weighted by molar-refractivity contribution is 5.67. The van der Waals surface area contributed by atoms with E-state index in [0.717, 1.165) is 37.5 Å². The maximum absolute atomic E-state index is 11.8. The summed E-state index contributed by atoms with van der Waals surface area (Å²) >= 11 is 0. The van der Waals surface area contributed by atoms with Crippen LogP contribution < -0.4 is 0 Å². The molecule has 0 aliphatic heterocycles. The summed E-state index contributed by atoms with van der Waals surface area (Å²) in [7, 11) is 0. The lowest BCUT2D eigenvalue weighted by atomic mass is 9.65. The Morgan fingerprint density at radius 3 is 2.56 bits per heavy atom. The largest absolute Gasteiger partial charge is 0.466 e. The van der Waals surface area contributed by atoms with Crippen molar-refractivity contribution < 1.29 is 23.9 Å². The molecule has 3 aliphatic carbocycles. The molecule has 0 radical (unpaired) electrons. The Balaban J connectivity index is 1.92. The van der Waals surface area contributed by atoms with Gasteiger partial charge in [-0.3, -0.25) is 9.59 Å². The zero-order valence-corrected chi connectivity index (χ0v) is 15.3. The molecule has 5 heteroatoms. The lowest BCUT2D eigenvalue weighted by Gasteiger charge is -2.43. The van der Waals surface area contributed by atoms with Crippen molar-refractivity contribution in [2.24, 2.45) is 35.0 Å². The van der Waals surface area contributed by atoms with Crippen LogP contribution in [0.15, 0.2) is 12.2 Å². The number of carbonyl (C=O) groups excluding carboxylic acids is 3. The van der Waals surface area contributed by atoms with Crippen molar-refractivity contribution in [3.05, 3.63) is 12.2 Å². The van der Waals surface area contributed by atoms with E-state index in [1.807, 2.05) is 6.92 Å². The summed E-state index contributed by atoms with van der Waals surface area (Å²) in [5, 5.41) is 0. The molecule has 25 heavy (non-hydrogen) atoms. The van der Waals surface area contributed by atoms with Crippen molar-refractivity contribution in [3.63, 3.8) is 0 Å². The number of fused-ring (bicyclic) bond motifs is 3. The van der Waals surface area contributed by atoms with Gasteiger partial charge in [-0.25, -0.2) is 0 Å². The van der Waals surface area contributed by atoms with E-state index in [9.17, 15) is 14.4 Å². The average molecular weight is 348 g/mol. The number of hydrogen-bond donors (Lipinski definition) is 0. The summed E-state index contributed by atoms with van der Waals surface area (Å²) in [6, 6.07) is 0. The van der Waals surface area contributed by atoms with Gasteiger partial charge in [-0.05, 0) is 49.4 Å². The summed E-state index contributed by atoms with van der Waals surface area (Å²) in [5.74, 6) is 0.467. The maximum atomic E-state index is 11.8. The predicted molar refractivity (Wildman–Crippen MR) is 91.4 cm³/mol. The minimum atomic E-state index is -0.309. The normalized spacial score (nSPS) is 42.4. The van der Waals surface area contributed by atoms with E-state index in [4.69, 9.17) is 9.47 Å². The van der Waals surface area contributed by atoms with E-state index in [0.29, 0.717) is 12.5 Å². The smallest absolute Gasteiger partial charge is 0.302 e. The van der Waals surface area contributed by atoms with Crippen LogP contribution in [0.25, 0.3) is 0 Å². The van der Waals surface area contributed by atoms with E-state index < -0.39 is 0 Å². The maximum Gasteiger partial charge on any atom is 0.302 e. The lowest BCUT2D eigenvalue weighted by Crippen LogP contribution is -2.44. The van der Waals surface area contributed by atoms with Crippen molar-refractivity contribution in [1.82, 2.24) is 0 Å². The van der Waals surface area contributed by atoms with Gasteiger partial charge in [0.05, 0.1) is 6.61 Å². The predicted octanol–water partition coefficient (Wildman–Crippen LogP) is 2.92. The second-order valence-electron chi connectivity index (χ2n) is 8.20. The van der Waals surface area contributed by atoms with Crippen LogP contribution in [-0.4, -0.2) is 30.9 Å². The fraction of sp³-hybridized carbons (Fsp3) is 0.750. The molecule has 0 bridgehead atoms. The molecule has 3 fully saturated rings. The van der Waals surface area contributed by atoms with E-state index in [2.05, 4.69) is 6.58 Å². The first-order chi connectivity index (χ1) is 11.8. The van der Waals surface area contributed by atoms with Gasteiger partial charge < -0.3 is 14.3 Å². The van der Waals surface area contributed by atoms with Gasteiger partial charge >= 0.3 is 11.9 Å². The fourth-order valence-electron chi connectivity index (χ4n) is 5.62. The van der Waals surface area contributed by atoms with Crippen LogP contribution in [-0.2, 0) is 23.9 Å². The van der Waals surface area contributed by atoms with Gasteiger partial charge in [-0.2, -0.15) is 0 Å². The second-order valence-corrected chi connectivity index (χ2v) is 8.20. The van der Waals surface area contributed by atoms with Crippen molar-refractivity contribution in [1.29, 1.82) is 0 Å². The molecule has 3 rings (SSSR count). The molecule has 138 valence electrons. The molecule has 0 aromatic heterocycles. The highest BCUT2D eigenvalue weighted by Crippen LogP contribution is 2.69. The van der Waals surface area contributed by atoms with E-state index in [1.165, 1.54) is 13.8 Å². The van der Waals surface area contributed by atoms with Crippen LogP contribution >= 0.6 is 0 Å². The van der Waals surface area contributed by atoms with Gasteiger partial charge in [0.2, 0.25) is 0 Å². The molecule has 3 aliphatic rings. The number of hydrogen-bond acceptors (Lipinski definition) is 5. The zero-order chi connectivity index (χ0) is 18.4. The molecular formula is C20H28O5. The van der Waals surface area contributed by atoms with Crippen molar-refractivity contribution in [2.75, 3.05) is 6.61 Å². The third-order valence-corrected chi connectivity index (χ3v) is 6.76. The first-order valence-electron chi connectivity index (χ1n) is 9.24. The molecule has 0 aromatic carbocycles. The van der Waals surface area contributed by atoms with Crippen LogP contribution in [0.4, 0.5) is 0 Å².